The van der Waals surface area contributed by atoms with Crippen molar-refractivity contribution < 1.29 is 24.4 Å². The quantitative estimate of drug-likeness (QED) is 0.682. The molecule has 7 atom stereocenters. The van der Waals surface area contributed by atoms with E-state index in [0.29, 0.717) is 5.92 Å². The summed E-state index contributed by atoms with van der Waals surface area (Å²) in [5.74, 6) is -0.0511. The standard InChI is InChI=1S/C14H22O5/c1-8-10-5-3-4-9-6-7-13(2)17-12(16-11(8)15)14(9,10)19-18-13/h8-12,15H,3-7H2,1-2H3/t8-,9-,10+,11-,12-,13+,14-/m1/s1. The Morgan fingerprint density at radius 2 is 2.00 bits per heavy atom. The molecule has 4 heterocycles. The first-order valence-electron chi connectivity index (χ1n) is 7.43. The number of fused-ring (bicyclic) bond motifs is 2. The summed E-state index contributed by atoms with van der Waals surface area (Å²) < 4.78 is 11.8. The van der Waals surface area contributed by atoms with E-state index >= 15 is 0 Å². The molecule has 5 aliphatic rings. The number of aliphatic hydroxyl groups is 1. The Hall–Kier alpha value is -0.200. The molecule has 5 nitrogen and oxygen atoms in total. The summed E-state index contributed by atoms with van der Waals surface area (Å²) in [7, 11) is 0. The summed E-state index contributed by atoms with van der Waals surface area (Å²) in [5.41, 5.74) is -0.521. The molecule has 0 aromatic heterocycles. The lowest BCUT2D eigenvalue weighted by Gasteiger charge is -2.58. The van der Waals surface area contributed by atoms with Crippen molar-refractivity contribution in [2.24, 2.45) is 17.8 Å². The summed E-state index contributed by atoms with van der Waals surface area (Å²) in [4.78, 5) is 11.5. The van der Waals surface area contributed by atoms with Gasteiger partial charge in [0, 0.05) is 18.3 Å². The Balaban J connectivity index is 1.80. The summed E-state index contributed by atoms with van der Waals surface area (Å²) in [6.07, 6.45) is 3.92. The van der Waals surface area contributed by atoms with Crippen LogP contribution in [0.4, 0.5) is 0 Å². The van der Waals surface area contributed by atoms with Crippen molar-refractivity contribution >= 4 is 0 Å². The van der Waals surface area contributed by atoms with E-state index in [1.165, 1.54) is 6.42 Å². The lowest BCUT2D eigenvalue weighted by Crippen LogP contribution is -2.69. The fourth-order valence-corrected chi connectivity index (χ4v) is 4.54. The van der Waals surface area contributed by atoms with Gasteiger partial charge in [-0.15, -0.1) is 0 Å². The van der Waals surface area contributed by atoms with Crippen LogP contribution < -0.4 is 0 Å². The van der Waals surface area contributed by atoms with Crippen molar-refractivity contribution in [2.75, 3.05) is 0 Å². The van der Waals surface area contributed by atoms with Crippen molar-refractivity contribution in [3.05, 3.63) is 0 Å². The van der Waals surface area contributed by atoms with Crippen LogP contribution >= 0.6 is 0 Å². The van der Waals surface area contributed by atoms with Crippen LogP contribution in [0, 0.1) is 17.8 Å². The van der Waals surface area contributed by atoms with Gasteiger partial charge in [0.25, 0.3) is 0 Å². The highest BCUT2D eigenvalue weighted by atomic mass is 17.3. The van der Waals surface area contributed by atoms with Crippen LogP contribution in [0.1, 0.15) is 46.0 Å². The fraction of sp³-hybridized carbons (Fsp3) is 1.00. The fourth-order valence-electron chi connectivity index (χ4n) is 4.54. The van der Waals surface area contributed by atoms with E-state index < -0.39 is 24.0 Å². The van der Waals surface area contributed by atoms with Crippen LogP contribution in [0.25, 0.3) is 0 Å². The lowest BCUT2D eigenvalue weighted by atomic mass is 9.61. The SMILES string of the molecule is C[C@H]1[C@H](O)O[C@@H]2O[C@]3(C)CC[C@H]4CCC[C@@H]1[C@]42OO3. The molecule has 1 N–H and O–H groups in total. The molecule has 5 rings (SSSR count). The lowest BCUT2D eigenvalue weighted by molar-refractivity contribution is -0.575. The molecule has 19 heavy (non-hydrogen) atoms. The van der Waals surface area contributed by atoms with Gasteiger partial charge < -0.3 is 14.6 Å². The van der Waals surface area contributed by atoms with Gasteiger partial charge in [-0.25, -0.2) is 9.78 Å². The van der Waals surface area contributed by atoms with Crippen molar-refractivity contribution in [2.45, 2.75) is 69.9 Å². The van der Waals surface area contributed by atoms with Gasteiger partial charge in [0.2, 0.25) is 5.79 Å². The average molecular weight is 270 g/mol. The highest BCUT2D eigenvalue weighted by molar-refractivity contribution is 5.07. The van der Waals surface area contributed by atoms with E-state index in [2.05, 4.69) is 0 Å². The Bertz CT molecular complexity index is 388. The van der Waals surface area contributed by atoms with Gasteiger partial charge in [-0.2, -0.15) is 0 Å². The first-order valence-corrected chi connectivity index (χ1v) is 7.43. The molecule has 4 saturated heterocycles. The molecule has 108 valence electrons. The number of hydrogen-bond donors (Lipinski definition) is 1. The van der Waals surface area contributed by atoms with E-state index in [4.69, 9.17) is 19.2 Å². The largest absolute Gasteiger partial charge is 0.368 e. The van der Waals surface area contributed by atoms with E-state index in [1.807, 2.05) is 13.8 Å². The van der Waals surface area contributed by atoms with Crippen molar-refractivity contribution in [1.82, 2.24) is 0 Å². The minimum Gasteiger partial charge on any atom is -0.368 e. The maximum atomic E-state index is 10.1. The molecule has 5 heteroatoms. The van der Waals surface area contributed by atoms with E-state index in [-0.39, 0.29) is 11.8 Å². The van der Waals surface area contributed by atoms with Gasteiger partial charge in [0.15, 0.2) is 18.2 Å². The van der Waals surface area contributed by atoms with Crippen LogP contribution in [0.5, 0.6) is 0 Å². The van der Waals surface area contributed by atoms with Gasteiger partial charge in [-0.3, -0.25) is 0 Å². The number of aliphatic hydroxyl groups excluding tert-OH is 1. The number of ether oxygens (including phenoxy) is 2. The maximum absolute atomic E-state index is 10.1. The Labute approximate surface area is 113 Å². The molecule has 4 aliphatic heterocycles. The first kappa shape index (κ1) is 12.5. The maximum Gasteiger partial charge on any atom is 0.201 e. The van der Waals surface area contributed by atoms with Crippen LogP contribution in [-0.4, -0.2) is 29.1 Å². The highest BCUT2D eigenvalue weighted by Gasteiger charge is 2.68. The molecule has 1 spiro atoms. The van der Waals surface area contributed by atoms with Gasteiger partial charge in [-0.1, -0.05) is 13.3 Å². The average Bonchev–Trinajstić information content (AvgIpc) is 2.61. The molecule has 2 bridgehead atoms. The van der Waals surface area contributed by atoms with Crippen molar-refractivity contribution in [1.29, 1.82) is 0 Å². The smallest absolute Gasteiger partial charge is 0.201 e. The molecule has 0 aromatic carbocycles. The second kappa shape index (κ2) is 3.92. The predicted molar refractivity (Wildman–Crippen MR) is 64.5 cm³/mol. The van der Waals surface area contributed by atoms with E-state index in [0.717, 1.165) is 25.7 Å². The zero-order valence-electron chi connectivity index (χ0n) is 11.5. The Morgan fingerprint density at radius 3 is 2.84 bits per heavy atom. The van der Waals surface area contributed by atoms with Crippen molar-refractivity contribution in [3.63, 3.8) is 0 Å². The van der Waals surface area contributed by atoms with Gasteiger partial charge in [0.05, 0.1) is 0 Å². The van der Waals surface area contributed by atoms with Crippen LogP contribution in [0.15, 0.2) is 0 Å². The number of rotatable bonds is 0. The number of hydrogen-bond acceptors (Lipinski definition) is 5. The predicted octanol–water partition coefficient (Wildman–Crippen LogP) is 1.94. The van der Waals surface area contributed by atoms with Crippen LogP contribution in [-0.2, 0) is 19.2 Å². The third-order valence-corrected chi connectivity index (χ3v) is 5.67. The van der Waals surface area contributed by atoms with Crippen LogP contribution in [0.2, 0.25) is 0 Å². The molecule has 5 fully saturated rings. The molecule has 1 aliphatic carbocycles. The normalized spacial score (nSPS) is 60.5. The monoisotopic (exact) mass is 270 g/mol. The zero-order valence-corrected chi connectivity index (χ0v) is 11.5. The molecular weight excluding hydrogens is 248 g/mol. The summed E-state index contributed by atoms with van der Waals surface area (Å²) in [6, 6.07) is 0. The third-order valence-electron chi connectivity index (χ3n) is 5.67. The van der Waals surface area contributed by atoms with Gasteiger partial charge in [0.1, 0.15) is 0 Å². The molecule has 1 saturated carbocycles. The van der Waals surface area contributed by atoms with E-state index in [9.17, 15) is 5.11 Å². The molecular formula is C14H22O5. The minimum atomic E-state index is -0.772. The molecule has 0 radical (unpaired) electrons. The second-order valence-electron chi connectivity index (χ2n) is 6.76. The summed E-state index contributed by atoms with van der Waals surface area (Å²) in [5, 5.41) is 10.1. The highest BCUT2D eigenvalue weighted by Crippen LogP contribution is 2.58. The van der Waals surface area contributed by atoms with Gasteiger partial charge >= 0.3 is 0 Å². The van der Waals surface area contributed by atoms with Gasteiger partial charge in [-0.05, 0) is 32.1 Å². The van der Waals surface area contributed by atoms with E-state index in [1.54, 1.807) is 0 Å². The van der Waals surface area contributed by atoms with Crippen molar-refractivity contribution in [3.8, 4) is 0 Å². The summed E-state index contributed by atoms with van der Waals surface area (Å²) >= 11 is 0. The molecule has 0 aromatic rings. The Kier molecular flexibility index (Phi) is 2.59. The zero-order chi connectivity index (χ0) is 13.3. The minimum absolute atomic E-state index is 0.0497. The second-order valence-corrected chi connectivity index (χ2v) is 6.76. The molecule has 0 amide bonds. The first-order chi connectivity index (χ1) is 9.05. The summed E-state index contributed by atoms with van der Waals surface area (Å²) in [6.45, 7) is 3.92. The van der Waals surface area contributed by atoms with Crippen LogP contribution in [0.3, 0.4) is 0 Å². The molecule has 0 unspecified atom stereocenters. The Morgan fingerprint density at radius 1 is 1.16 bits per heavy atom. The third kappa shape index (κ3) is 1.54. The topological polar surface area (TPSA) is 57.2 Å².